The van der Waals surface area contributed by atoms with Gasteiger partial charge in [-0.25, -0.2) is 8.42 Å². The van der Waals surface area contributed by atoms with Gasteiger partial charge in [0.25, 0.3) is 0 Å². The molecule has 0 radical (unpaired) electrons. The number of nitrogens with zero attached hydrogens (tertiary/aromatic N) is 1. The molecule has 106 valence electrons. The average molecular weight is 281 g/mol. The molecule has 1 N–H and O–H groups in total. The van der Waals surface area contributed by atoms with Crippen molar-refractivity contribution in [1.82, 2.24) is 4.31 Å². The Morgan fingerprint density at radius 3 is 2.17 bits per heavy atom. The highest BCUT2D eigenvalue weighted by Crippen LogP contribution is 2.22. The molecule has 0 amide bonds. The Labute approximate surface area is 107 Å². The van der Waals surface area contributed by atoms with Crippen molar-refractivity contribution in [2.24, 2.45) is 5.41 Å². The number of hydrogen-bond donors (Lipinski definition) is 1. The van der Waals surface area contributed by atoms with E-state index in [2.05, 4.69) is 4.74 Å². The fourth-order valence-electron chi connectivity index (χ4n) is 1.29. The molecule has 0 aliphatic heterocycles. The molecule has 0 spiro atoms. The Hall–Kier alpha value is -1.15. The number of ether oxygens (including phenoxy) is 1. The van der Waals surface area contributed by atoms with Crippen molar-refractivity contribution in [2.45, 2.75) is 26.8 Å². The summed E-state index contributed by atoms with van der Waals surface area (Å²) in [6.45, 7) is 4.11. The van der Waals surface area contributed by atoms with Crippen LogP contribution in [0.15, 0.2) is 0 Å². The Bertz CT molecular complexity index is 428. The summed E-state index contributed by atoms with van der Waals surface area (Å²) >= 11 is 0. The first kappa shape index (κ1) is 16.9. The summed E-state index contributed by atoms with van der Waals surface area (Å²) in [4.78, 5) is 22.2. The maximum atomic E-state index is 12.0. The second-order valence-electron chi connectivity index (χ2n) is 4.66. The molecule has 0 aromatic rings. The van der Waals surface area contributed by atoms with E-state index >= 15 is 0 Å². The largest absolute Gasteiger partial charge is 0.480 e. The average Bonchev–Trinajstić information content (AvgIpc) is 2.24. The Morgan fingerprint density at radius 2 is 1.83 bits per heavy atom. The van der Waals surface area contributed by atoms with E-state index in [-0.39, 0.29) is 0 Å². The van der Waals surface area contributed by atoms with E-state index in [1.807, 2.05) is 0 Å². The fourth-order valence-corrected chi connectivity index (χ4v) is 3.09. The van der Waals surface area contributed by atoms with Gasteiger partial charge in [-0.05, 0) is 20.8 Å². The van der Waals surface area contributed by atoms with Crippen LogP contribution in [0.3, 0.4) is 0 Å². The molecule has 0 saturated carbocycles. The highest BCUT2D eigenvalue weighted by Gasteiger charge is 2.38. The Balaban J connectivity index is 5.08. The first-order chi connectivity index (χ1) is 7.95. The number of hydrogen-bond acceptors (Lipinski definition) is 5. The van der Waals surface area contributed by atoms with Crippen molar-refractivity contribution in [1.29, 1.82) is 0 Å². The van der Waals surface area contributed by atoms with Crippen molar-refractivity contribution in [3.63, 3.8) is 0 Å². The summed E-state index contributed by atoms with van der Waals surface area (Å²) in [6, 6.07) is -1.19. The SMILES string of the molecule is COC(=O)C(C)(C)CS(=O)(=O)N(C)C(C)C(=O)O. The predicted octanol–water partition coefficient (Wildman–Crippen LogP) is -0.0797. The number of carbonyl (C=O) groups is 2. The van der Waals surface area contributed by atoms with Crippen molar-refractivity contribution in [3.8, 4) is 0 Å². The number of carboxylic acids is 1. The normalized spacial score (nSPS) is 14.3. The maximum absolute atomic E-state index is 12.0. The number of methoxy groups -OCH3 is 1. The van der Waals surface area contributed by atoms with Crippen molar-refractivity contribution >= 4 is 22.0 Å². The smallest absolute Gasteiger partial charge is 0.321 e. The van der Waals surface area contributed by atoms with Crippen LogP contribution in [0.1, 0.15) is 20.8 Å². The molecule has 0 saturated heterocycles. The van der Waals surface area contributed by atoms with Crippen LogP contribution in [-0.2, 0) is 24.3 Å². The van der Waals surface area contributed by atoms with Gasteiger partial charge < -0.3 is 9.84 Å². The molecule has 1 unspecified atom stereocenters. The lowest BCUT2D eigenvalue weighted by Crippen LogP contribution is -2.45. The second kappa shape index (κ2) is 5.66. The standard InChI is InChI=1S/C10H19NO6S/c1-7(8(12)13)11(4)18(15,16)6-10(2,3)9(14)17-5/h7H,6H2,1-5H3,(H,12,13). The lowest BCUT2D eigenvalue weighted by molar-refractivity contribution is -0.149. The fraction of sp³-hybridized carbons (Fsp3) is 0.800. The van der Waals surface area contributed by atoms with Crippen LogP contribution >= 0.6 is 0 Å². The molecule has 8 heteroatoms. The van der Waals surface area contributed by atoms with Gasteiger partial charge in [0.05, 0.1) is 18.3 Å². The van der Waals surface area contributed by atoms with Gasteiger partial charge in [-0.3, -0.25) is 9.59 Å². The highest BCUT2D eigenvalue weighted by atomic mass is 32.2. The zero-order valence-corrected chi connectivity index (χ0v) is 11.9. The van der Waals surface area contributed by atoms with Crippen LogP contribution in [0.4, 0.5) is 0 Å². The molecule has 0 aromatic carbocycles. The summed E-state index contributed by atoms with van der Waals surface area (Å²) in [7, 11) is -1.53. The zero-order chi connectivity index (χ0) is 14.7. The maximum Gasteiger partial charge on any atom is 0.321 e. The van der Waals surface area contributed by atoms with E-state index in [0.717, 1.165) is 4.31 Å². The van der Waals surface area contributed by atoms with Crippen LogP contribution in [0.2, 0.25) is 0 Å². The lowest BCUT2D eigenvalue weighted by atomic mass is 9.97. The van der Waals surface area contributed by atoms with Crippen LogP contribution in [0, 0.1) is 5.41 Å². The molecule has 0 heterocycles. The van der Waals surface area contributed by atoms with Crippen LogP contribution < -0.4 is 0 Å². The monoisotopic (exact) mass is 281 g/mol. The van der Waals surface area contributed by atoms with Gasteiger partial charge in [-0.15, -0.1) is 0 Å². The summed E-state index contributed by atoms with van der Waals surface area (Å²) in [5.74, 6) is -2.43. The Kier molecular flexibility index (Phi) is 5.30. The van der Waals surface area contributed by atoms with Crippen LogP contribution in [0.25, 0.3) is 0 Å². The van der Waals surface area contributed by atoms with E-state index in [4.69, 9.17) is 5.11 Å². The van der Waals surface area contributed by atoms with Gasteiger partial charge in [0.15, 0.2) is 0 Å². The molecule has 1 atom stereocenters. The lowest BCUT2D eigenvalue weighted by Gasteiger charge is -2.26. The van der Waals surface area contributed by atoms with E-state index in [9.17, 15) is 18.0 Å². The zero-order valence-electron chi connectivity index (χ0n) is 11.1. The second-order valence-corrected chi connectivity index (χ2v) is 6.69. The Morgan fingerprint density at radius 1 is 1.39 bits per heavy atom. The van der Waals surface area contributed by atoms with E-state index in [1.165, 1.54) is 34.9 Å². The number of sulfonamides is 1. The molecule has 0 fully saturated rings. The number of aliphatic carboxylic acids is 1. The number of likely N-dealkylation sites (N-methyl/N-ethyl adjacent to an activating group) is 1. The molecule has 0 bridgehead atoms. The first-order valence-corrected chi connectivity index (χ1v) is 6.83. The summed E-state index contributed by atoms with van der Waals surface area (Å²) in [6.07, 6.45) is 0. The van der Waals surface area contributed by atoms with Crippen LogP contribution in [0.5, 0.6) is 0 Å². The summed E-state index contributed by atoms with van der Waals surface area (Å²) in [5, 5.41) is 8.77. The van der Waals surface area contributed by atoms with Gasteiger partial charge in [-0.1, -0.05) is 0 Å². The summed E-state index contributed by atoms with van der Waals surface area (Å²) < 4.78 is 29.2. The number of rotatable bonds is 6. The third kappa shape index (κ3) is 3.95. The van der Waals surface area contributed by atoms with Gasteiger partial charge in [0, 0.05) is 7.05 Å². The minimum atomic E-state index is -3.87. The highest BCUT2D eigenvalue weighted by molar-refractivity contribution is 7.89. The molecular formula is C10H19NO6S. The minimum absolute atomic E-state index is 0.513. The van der Waals surface area contributed by atoms with E-state index < -0.39 is 39.2 Å². The number of carbonyl (C=O) groups excluding carboxylic acids is 1. The van der Waals surface area contributed by atoms with Crippen molar-refractivity contribution in [2.75, 3.05) is 19.9 Å². The summed E-state index contributed by atoms with van der Waals surface area (Å²) in [5.41, 5.74) is -1.24. The van der Waals surface area contributed by atoms with Crippen molar-refractivity contribution < 1.29 is 27.9 Å². The molecule has 0 aliphatic rings. The third-order valence-electron chi connectivity index (χ3n) is 2.62. The van der Waals surface area contributed by atoms with Crippen LogP contribution in [-0.4, -0.2) is 55.7 Å². The van der Waals surface area contributed by atoms with E-state index in [1.54, 1.807) is 0 Å². The van der Waals surface area contributed by atoms with Gasteiger partial charge in [-0.2, -0.15) is 4.31 Å². The minimum Gasteiger partial charge on any atom is -0.480 e. The topological polar surface area (TPSA) is 101 Å². The van der Waals surface area contributed by atoms with Crippen molar-refractivity contribution in [3.05, 3.63) is 0 Å². The number of esters is 1. The molecule has 0 aliphatic carbocycles. The first-order valence-electron chi connectivity index (χ1n) is 5.22. The quantitative estimate of drug-likeness (QED) is 0.683. The van der Waals surface area contributed by atoms with E-state index in [0.29, 0.717) is 0 Å². The van der Waals surface area contributed by atoms with Gasteiger partial charge >= 0.3 is 11.9 Å². The molecule has 7 nitrogen and oxygen atoms in total. The molecular weight excluding hydrogens is 262 g/mol. The number of carboxylic acid groups (broad SMARTS) is 1. The molecule has 0 aromatic heterocycles. The molecule has 0 rings (SSSR count). The third-order valence-corrected chi connectivity index (χ3v) is 4.90. The predicted molar refractivity (Wildman–Crippen MR) is 64.4 cm³/mol. The van der Waals surface area contributed by atoms with Gasteiger partial charge in [0.1, 0.15) is 6.04 Å². The molecule has 18 heavy (non-hydrogen) atoms. The van der Waals surface area contributed by atoms with Gasteiger partial charge in [0.2, 0.25) is 10.0 Å².